The summed E-state index contributed by atoms with van der Waals surface area (Å²) in [5.74, 6) is -0.487. The highest BCUT2D eigenvalue weighted by molar-refractivity contribution is 6.31. The molecule has 2 rings (SSSR count). The first-order valence-electron chi connectivity index (χ1n) is 6.55. The highest BCUT2D eigenvalue weighted by Gasteiger charge is 2.31. The number of carbonyl (C=O) groups is 1. The molecule has 0 spiro atoms. The Morgan fingerprint density at radius 1 is 1.52 bits per heavy atom. The standard InChI is InChI=1S/C14H18ClFN2O2.ClH/c1-18(8-9-2-3-10(16)6-12(9)15)14(19)13-5-4-11(7-17)20-13;/h2-3,6,11,13H,4-5,7-8,17H2,1H3;1H/t11-,13+;/m1./s1. The van der Waals surface area contributed by atoms with Crippen molar-refractivity contribution in [2.75, 3.05) is 13.6 Å². The van der Waals surface area contributed by atoms with Crippen LogP contribution in [0.25, 0.3) is 0 Å². The van der Waals surface area contributed by atoms with E-state index in [0.717, 1.165) is 6.42 Å². The summed E-state index contributed by atoms with van der Waals surface area (Å²) in [5, 5.41) is 0.317. The number of hydrogen-bond donors (Lipinski definition) is 1. The van der Waals surface area contributed by atoms with Gasteiger partial charge in [-0.2, -0.15) is 0 Å². The molecule has 1 aliphatic heterocycles. The maximum absolute atomic E-state index is 13.0. The minimum absolute atomic E-state index is 0. The van der Waals surface area contributed by atoms with Gasteiger partial charge in [0.1, 0.15) is 11.9 Å². The van der Waals surface area contributed by atoms with Gasteiger partial charge in [0, 0.05) is 25.2 Å². The minimum atomic E-state index is -0.437. The van der Waals surface area contributed by atoms with Gasteiger partial charge >= 0.3 is 0 Å². The Morgan fingerprint density at radius 2 is 2.24 bits per heavy atom. The number of likely N-dealkylation sites (N-methyl/N-ethyl adjacent to an activating group) is 1. The van der Waals surface area contributed by atoms with E-state index >= 15 is 0 Å². The second-order valence-electron chi connectivity index (χ2n) is 4.99. The Bertz CT molecular complexity index is 502. The molecule has 1 amide bonds. The number of hydrogen-bond acceptors (Lipinski definition) is 3. The maximum Gasteiger partial charge on any atom is 0.251 e. The number of nitrogens with two attached hydrogens (primary N) is 1. The minimum Gasteiger partial charge on any atom is -0.364 e. The largest absolute Gasteiger partial charge is 0.364 e. The molecule has 0 bridgehead atoms. The Labute approximate surface area is 134 Å². The first kappa shape index (κ1) is 18.2. The lowest BCUT2D eigenvalue weighted by Crippen LogP contribution is -2.36. The highest BCUT2D eigenvalue weighted by atomic mass is 35.5. The molecule has 7 heteroatoms. The second kappa shape index (κ2) is 7.94. The lowest BCUT2D eigenvalue weighted by Gasteiger charge is -2.22. The number of rotatable bonds is 4. The van der Waals surface area contributed by atoms with Gasteiger partial charge in [-0.05, 0) is 30.5 Å². The van der Waals surface area contributed by atoms with Gasteiger partial charge in [-0.1, -0.05) is 17.7 Å². The second-order valence-corrected chi connectivity index (χ2v) is 5.40. The Balaban J connectivity index is 0.00000220. The van der Waals surface area contributed by atoms with Gasteiger partial charge in [-0.25, -0.2) is 4.39 Å². The number of halogens is 3. The number of carbonyl (C=O) groups excluding carboxylic acids is 1. The molecule has 0 aliphatic carbocycles. The molecule has 0 aromatic heterocycles. The topological polar surface area (TPSA) is 55.6 Å². The van der Waals surface area contributed by atoms with Crippen molar-refractivity contribution in [2.24, 2.45) is 5.73 Å². The van der Waals surface area contributed by atoms with Crippen molar-refractivity contribution in [1.82, 2.24) is 4.90 Å². The summed E-state index contributed by atoms with van der Waals surface area (Å²) in [7, 11) is 1.68. The average Bonchev–Trinajstić information content (AvgIpc) is 2.89. The number of benzene rings is 1. The van der Waals surface area contributed by atoms with E-state index in [9.17, 15) is 9.18 Å². The predicted molar refractivity (Wildman–Crippen MR) is 82.1 cm³/mol. The van der Waals surface area contributed by atoms with Gasteiger partial charge in [0.2, 0.25) is 0 Å². The van der Waals surface area contributed by atoms with E-state index in [1.807, 2.05) is 0 Å². The number of ether oxygens (including phenoxy) is 1. The summed E-state index contributed by atoms with van der Waals surface area (Å²) < 4.78 is 18.5. The third-order valence-corrected chi connectivity index (χ3v) is 3.80. The summed E-state index contributed by atoms with van der Waals surface area (Å²) in [6.45, 7) is 0.752. The van der Waals surface area contributed by atoms with E-state index in [0.29, 0.717) is 30.1 Å². The molecule has 118 valence electrons. The molecule has 2 atom stereocenters. The summed E-state index contributed by atoms with van der Waals surface area (Å²) in [5.41, 5.74) is 6.23. The third-order valence-electron chi connectivity index (χ3n) is 3.44. The molecule has 1 aromatic rings. The van der Waals surface area contributed by atoms with E-state index in [1.165, 1.54) is 12.1 Å². The van der Waals surface area contributed by atoms with Crippen molar-refractivity contribution >= 4 is 29.9 Å². The SMILES string of the molecule is CN(Cc1ccc(F)cc1Cl)C(=O)[C@@H]1CC[C@H](CN)O1.Cl. The Hall–Kier alpha value is -0.880. The number of amides is 1. The molecular formula is C14H19Cl2FN2O2. The highest BCUT2D eigenvalue weighted by Crippen LogP contribution is 2.23. The quantitative estimate of drug-likeness (QED) is 0.918. The van der Waals surface area contributed by atoms with E-state index in [4.69, 9.17) is 22.1 Å². The fourth-order valence-corrected chi connectivity index (χ4v) is 2.52. The molecule has 1 aliphatic rings. The lowest BCUT2D eigenvalue weighted by molar-refractivity contribution is -0.141. The fraction of sp³-hybridized carbons (Fsp3) is 0.500. The van der Waals surface area contributed by atoms with Crippen LogP contribution < -0.4 is 5.73 Å². The van der Waals surface area contributed by atoms with Gasteiger partial charge in [0.15, 0.2) is 0 Å². The van der Waals surface area contributed by atoms with E-state index in [-0.39, 0.29) is 24.4 Å². The maximum atomic E-state index is 13.0. The molecule has 1 fully saturated rings. The summed E-state index contributed by atoms with van der Waals surface area (Å²) in [4.78, 5) is 13.8. The molecule has 1 aromatic carbocycles. The van der Waals surface area contributed by atoms with E-state index in [1.54, 1.807) is 18.0 Å². The fourth-order valence-electron chi connectivity index (χ4n) is 2.29. The van der Waals surface area contributed by atoms with Crippen molar-refractivity contribution in [3.63, 3.8) is 0 Å². The monoisotopic (exact) mass is 336 g/mol. The summed E-state index contributed by atoms with van der Waals surface area (Å²) in [6, 6.07) is 4.15. The van der Waals surface area contributed by atoms with Crippen LogP contribution in [0.4, 0.5) is 4.39 Å². The smallest absolute Gasteiger partial charge is 0.251 e. The summed E-state index contributed by atoms with van der Waals surface area (Å²) in [6.07, 6.45) is 1.01. The first-order chi connectivity index (χ1) is 9.51. The van der Waals surface area contributed by atoms with E-state index in [2.05, 4.69) is 0 Å². The van der Waals surface area contributed by atoms with Crippen molar-refractivity contribution in [3.05, 3.63) is 34.6 Å². The Kier molecular flexibility index (Phi) is 6.87. The van der Waals surface area contributed by atoms with Crippen LogP contribution in [0.5, 0.6) is 0 Å². The van der Waals surface area contributed by atoms with Crippen LogP contribution in [0.15, 0.2) is 18.2 Å². The first-order valence-corrected chi connectivity index (χ1v) is 6.93. The van der Waals surface area contributed by atoms with Crippen LogP contribution in [0.2, 0.25) is 5.02 Å². The average molecular weight is 337 g/mol. The molecular weight excluding hydrogens is 318 g/mol. The van der Waals surface area contributed by atoms with E-state index < -0.39 is 11.9 Å². The zero-order chi connectivity index (χ0) is 14.7. The third kappa shape index (κ3) is 4.54. The molecule has 2 N–H and O–H groups in total. The zero-order valence-corrected chi connectivity index (χ0v) is 13.3. The van der Waals surface area contributed by atoms with Gasteiger partial charge in [-0.15, -0.1) is 12.4 Å². The van der Waals surface area contributed by atoms with Crippen molar-refractivity contribution in [2.45, 2.75) is 31.6 Å². The van der Waals surface area contributed by atoms with Crippen molar-refractivity contribution < 1.29 is 13.9 Å². The lowest BCUT2D eigenvalue weighted by atomic mass is 10.1. The van der Waals surface area contributed by atoms with Crippen LogP contribution in [0.3, 0.4) is 0 Å². The normalized spacial score (nSPS) is 21.0. The van der Waals surface area contributed by atoms with Gasteiger partial charge in [0.05, 0.1) is 6.10 Å². The molecule has 4 nitrogen and oxygen atoms in total. The predicted octanol–water partition coefficient (Wildman–Crippen LogP) is 2.37. The number of nitrogens with zero attached hydrogens (tertiary/aromatic N) is 1. The molecule has 0 unspecified atom stereocenters. The van der Waals surface area contributed by atoms with Crippen molar-refractivity contribution in [1.29, 1.82) is 0 Å². The van der Waals surface area contributed by atoms with Gasteiger partial charge < -0.3 is 15.4 Å². The van der Waals surface area contributed by atoms with Crippen LogP contribution >= 0.6 is 24.0 Å². The Morgan fingerprint density at radius 3 is 2.81 bits per heavy atom. The molecule has 1 saturated heterocycles. The molecule has 1 heterocycles. The van der Waals surface area contributed by atoms with Crippen molar-refractivity contribution in [3.8, 4) is 0 Å². The van der Waals surface area contributed by atoms with Gasteiger partial charge in [0.25, 0.3) is 5.91 Å². The molecule has 0 saturated carbocycles. The molecule has 0 radical (unpaired) electrons. The van der Waals surface area contributed by atoms with Crippen LogP contribution in [0, 0.1) is 5.82 Å². The molecule has 21 heavy (non-hydrogen) atoms. The van der Waals surface area contributed by atoms with Gasteiger partial charge in [-0.3, -0.25) is 4.79 Å². The van der Waals surface area contributed by atoms with Crippen LogP contribution in [0.1, 0.15) is 18.4 Å². The van der Waals surface area contributed by atoms with Crippen LogP contribution in [-0.4, -0.2) is 36.6 Å². The van der Waals surface area contributed by atoms with Crippen LogP contribution in [-0.2, 0) is 16.1 Å². The zero-order valence-electron chi connectivity index (χ0n) is 11.7. The summed E-state index contributed by atoms with van der Waals surface area (Å²) >= 11 is 5.96.